The zero-order chi connectivity index (χ0) is 31.5. The molecule has 3 atom stereocenters. The third-order valence-corrected chi connectivity index (χ3v) is 8.86. The van der Waals surface area contributed by atoms with Gasteiger partial charge < -0.3 is 15.3 Å². The summed E-state index contributed by atoms with van der Waals surface area (Å²) in [4.78, 5) is 12.9. The monoisotopic (exact) mass is 598 g/mol. The molecule has 3 aromatic carbocycles. The van der Waals surface area contributed by atoms with Crippen LogP contribution in [0.2, 0.25) is 0 Å². The minimum atomic E-state index is -1.67. The number of hydrogen-bond donors (Lipinski definition) is 3. The van der Waals surface area contributed by atoms with Gasteiger partial charge in [0.15, 0.2) is 0 Å². The number of allylic oxidation sites excluding steroid dienone is 2. The van der Waals surface area contributed by atoms with Crippen molar-refractivity contribution >= 4 is 5.97 Å². The third-order valence-electron chi connectivity index (χ3n) is 8.86. The van der Waals surface area contributed by atoms with Crippen LogP contribution < -0.4 is 0 Å². The van der Waals surface area contributed by atoms with Crippen LogP contribution in [0.4, 0.5) is 0 Å². The molecule has 0 bridgehead atoms. The van der Waals surface area contributed by atoms with Gasteiger partial charge in [-0.3, -0.25) is 4.79 Å². The quantitative estimate of drug-likeness (QED) is 0.0795. The highest BCUT2D eigenvalue weighted by molar-refractivity contribution is 5.73. The van der Waals surface area contributed by atoms with Crippen molar-refractivity contribution in [1.29, 1.82) is 0 Å². The van der Waals surface area contributed by atoms with Gasteiger partial charge in [-0.15, -0.1) is 0 Å². The molecule has 0 aliphatic carbocycles. The molecule has 4 heteroatoms. The van der Waals surface area contributed by atoms with Crippen LogP contribution in [0.15, 0.2) is 103 Å². The number of unbranched alkanes of at least 4 members (excludes halogenated alkanes) is 11. The zero-order valence-electron chi connectivity index (χ0n) is 26.7. The van der Waals surface area contributed by atoms with Gasteiger partial charge in [0, 0.05) is 5.92 Å². The molecule has 4 nitrogen and oxygen atoms in total. The Kier molecular flexibility index (Phi) is 16.0. The first kappa shape index (κ1) is 35.3. The van der Waals surface area contributed by atoms with Crippen molar-refractivity contribution in [2.75, 3.05) is 0 Å². The summed E-state index contributed by atoms with van der Waals surface area (Å²) in [6, 6.07) is 27.8. The Balaban J connectivity index is 1.61. The fraction of sp³-hybridized carbons (Fsp3) is 0.475. The molecule has 3 aromatic rings. The Morgan fingerprint density at radius 2 is 1.09 bits per heavy atom. The lowest BCUT2D eigenvalue weighted by atomic mass is 9.65. The number of hydrogen-bond acceptors (Lipinski definition) is 3. The summed E-state index contributed by atoms with van der Waals surface area (Å²) in [7, 11) is 0. The molecule has 44 heavy (non-hydrogen) atoms. The third kappa shape index (κ3) is 10.7. The van der Waals surface area contributed by atoms with Gasteiger partial charge >= 0.3 is 5.97 Å². The molecule has 3 rings (SSSR count). The standard InChI is InChI=1S/C40H54O4/c1-2-3-4-5-6-7-8-9-10-11-12-13-14-15-25-32-36(41)37(39(42)43)38(33-26-19-16-20-27-33)40(44,34-28-21-17-22-29-34)35-30-23-18-24-31-35/h9-10,16-24,26-31,36-38,41,44H,2-8,11-15,25,32H2,1H3,(H,42,43)/b10-9-/t36-,37-,38?/m1/s1. The Bertz CT molecular complexity index is 1150. The van der Waals surface area contributed by atoms with Crippen LogP contribution in [-0.4, -0.2) is 27.4 Å². The van der Waals surface area contributed by atoms with Gasteiger partial charge in [-0.05, 0) is 48.8 Å². The smallest absolute Gasteiger partial charge is 0.309 e. The van der Waals surface area contributed by atoms with Crippen LogP contribution in [0.3, 0.4) is 0 Å². The first-order valence-corrected chi connectivity index (χ1v) is 16.9. The number of carbonyl (C=O) groups is 1. The van der Waals surface area contributed by atoms with E-state index in [0.717, 1.165) is 38.5 Å². The first-order chi connectivity index (χ1) is 21.5. The van der Waals surface area contributed by atoms with E-state index in [4.69, 9.17) is 0 Å². The van der Waals surface area contributed by atoms with Crippen molar-refractivity contribution in [2.24, 2.45) is 5.92 Å². The topological polar surface area (TPSA) is 77.8 Å². The minimum absolute atomic E-state index is 0.373. The predicted molar refractivity (Wildman–Crippen MR) is 182 cm³/mol. The molecule has 0 amide bonds. The number of carboxylic acid groups (broad SMARTS) is 1. The van der Waals surface area contributed by atoms with E-state index in [-0.39, 0.29) is 0 Å². The summed E-state index contributed by atoms with van der Waals surface area (Å²) in [5, 5.41) is 34.7. The van der Waals surface area contributed by atoms with Gasteiger partial charge in [0.25, 0.3) is 0 Å². The van der Waals surface area contributed by atoms with Gasteiger partial charge in [0.2, 0.25) is 0 Å². The molecule has 0 radical (unpaired) electrons. The molecule has 0 fully saturated rings. The molecule has 238 valence electrons. The summed E-state index contributed by atoms with van der Waals surface area (Å²) in [5.74, 6) is -3.23. The second-order valence-corrected chi connectivity index (χ2v) is 12.2. The molecule has 3 N–H and O–H groups in total. The van der Waals surface area contributed by atoms with Crippen LogP contribution in [0.1, 0.15) is 119 Å². The van der Waals surface area contributed by atoms with Gasteiger partial charge in [-0.1, -0.05) is 168 Å². The number of aliphatic hydroxyl groups excluding tert-OH is 1. The fourth-order valence-electron chi connectivity index (χ4n) is 6.41. The normalized spacial score (nSPS) is 14.0. The summed E-state index contributed by atoms with van der Waals surface area (Å²) >= 11 is 0. The largest absolute Gasteiger partial charge is 0.481 e. The maximum absolute atomic E-state index is 12.9. The second kappa shape index (κ2) is 19.9. The SMILES string of the molecule is CCCCCCCC/C=C\CCCCCCC[C@@H](O)[C@@H](C(=O)O)C(c1ccccc1)C(O)(c1ccccc1)c1ccccc1. The van der Waals surface area contributed by atoms with Gasteiger partial charge in [-0.2, -0.15) is 0 Å². The first-order valence-electron chi connectivity index (χ1n) is 16.9. The van der Waals surface area contributed by atoms with Gasteiger partial charge in [-0.25, -0.2) is 0 Å². The van der Waals surface area contributed by atoms with E-state index in [2.05, 4.69) is 19.1 Å². The maximum atomic E-state index is 12.9. The highest BCUT2D eigenvalue weighted by atomic mass is 16.4. The van der Waals surface area contributed by atoms with Crippen LogP contribution in [0, 0.1) is 5.92 Å². The molecule has 0 aliphatic rings. The van der Waals surface area contributed by atoms with E-state index in [1.54, 1.807) is 0 Å². The summed E-state index contributed by atoms with van der Waals surface area (Å²) in [6.45, 7) is 2.25. The van der Waals surface area contributed by atoms with E-state index in [1.807, 2.05) is 91.0 Å². The van der Waals surface area contributed by atoms with Crippen LogP contribution in [0.5, 0.6) is 0 Å². The minimum Gasteiger partial charge on any atom is -0.481 e. The molecule has 0 saturated heterocycles. The number of benzene rings is 3. The van der Waals surface area contributed by atoms with E-state index in [0.29, 0.717) is 23.1 Å². The summed E-state index contributed by atoms with van der Waals surface area (Å²) in [5.41, 5.74) is 0.203. The molecule has 0 heterocycles. The molecular weight excluding hydrogens is 544 g/mol. The lowest BCUT2D eigenvalue weighted by Gasteiger charge is -2.42. The second-order valence-electron chi connectivity index (χ2n) is 12.2. The molecule has 0 aliphatic heterocycles. The number of carboxylic acids is 1. The van der Waals surface area contributed by atoms with E-state index in [9.17, 15) is 20.1 Å². The number of rotatable bonds is 22. The van der Waals surface area contributed by atoms with Crippen molar-refractivity contribution < 1.29 is 20.1 Å². The molecule has 0 saturated carbocycles. The van der Waals surface area contributed by atoms with Crippen molar-refractivity contribution in [1.82, 2.24) is 0 Å². The maximum Gasteiger partial charge on any atom is 0.309 e. The summed E-state index contributed by atoms with van der Waals surface area (Å²) < 4.78 is 0. The van der Waals surface area contributed by atoms with E-state index < -0.39 is 29.5 Å². The molecule has 0 aromatic heterocycles. The van der Waals surface area contributed by atoms with Crippen LogP contribution in [-0.2, 0) is 10.4 Å². The van der Waals surface area contributed by atoms with Crippen LogP contribution >= 0.6 is 0 Å². The highest BCUT2D eigenvalue weighted by Gasteiger charge is 2.49. The van der Waals surface area contributed by atoms with Crippen molar-refractivity contribution in [2.45, 2.75) is 114 Å². The van der Waals surface area contributed by atoms with Gasteiger partial charge in [0.1, 0.15) is 5.60 Å². The predicted octanol–water partition coefficient (Wildman–Crippen LogP) is 9.81. The molecular formula is C40H54O4. The average Bonchev–Trinajstić information content (AvgIpc) is 3.06. The Labute approximate surface area is 265 Å². The highest BCUT2D eigenvalue weighted by Crippen LogP contribution is 2.48. The van der Waals surface area contributed by atoms with Crippen molar-refractivity contribution in [3.05, 3.63) is 120 Å². The Morgan fingerprint density at radius 1 is 0.659 bits per heavy atom. The van der Waals surface area contributed by atoms with Gasteiger partial charge in [0.05, 0.1) is 12.0 Å². The molecule has 0 spiro atoms. The number of aliphatic carboxylic acids is 1. The lowest BCUT2D eigenvalue weighted by molar-refractivity contribution is -0.151. The Morgan fingerprint density at radius 3 is 1.57 bits per heavy atom. The van der Waals surface area contributed by atoms with Crippen molar-refractivity contribution in [3.8, 4) is 0 Å². The van der Waals surface area contributed by atoms with Crippen molar-refractivity contribution in [3.63, 3.8) is 0 Å². The summed E-state index contributed by atoms with van der Waals surface area (Å²) in [6.07, 6.45) is 19.3. The van der Waals surface area contributed by atoms with Crippen LogP contribution in [0.25, 0.3) is 0 Å². The van der Waals surface area contributed by atoms with E-state index >= 15 is 0 Å². The van der Waals surface area contributed by atoms with E-state index in [1.165, 1.54) is 44.9 Å². The fourth-order valence-corrected chi connectivity index (χ4v) is 6.41. The lowest BCUT2D eigenvalue weighted by Crippen LogP contribution is -2.45. The Hall–Kier alpha value is -3.21. The average molecular weight is 599 g/mol. The zero-order valence-corrected chi connectivity index (χ0v) is 26.7. The number of aliphatic hydroxyl groups is 2. The molecule has 1 unspecified atom stereocenters.